The molecule has 8 nitrogen and oxygen atoms in total. The number of benzene rings is 2. The predicted octanol–water partition coefficient (Wildman–Crippen LogP) is 5.15. The van der Waals surface area contributed by atoms with E-state index in [0.717, 1.165) is 5.75 Å². The molecule has 0 aliphatic rings. The number of hydrogen-bond donors (Lipinski definition) is 1. The molecule has 1 N–H and O–H groups in total. The molecule has 0 unspecified atom stereocenters. The molecule has 1 amide bonds. The molecule has 0 atom stereocenters. The Labute approximate surface area is 199 Å². The highest BCUT2D eigenvalue weighted by Gasteiger charge is 2.15. The number of nitrogens with one attached hydrogen (secondary N) is 1. The van der Waals surface area contributed by atoms with Crippen LogP contribution in [0.3, 0.4) is 0 Å². The Kier molecular flexibility index (Phi) is 8.49. The Bertz CT molecular complexity index is 1170. The fourth-order valence-corrected chi connectivity index (χ4v) is 3.39. The average molecular weight is 512 g/mol. The number of nitrogens with zero attached hydrogens (tertiary/aromatic N) is 2. The van der Waals surface area contributed by atoms with Crippen molar-refractivity contribution in [3.63, 3.8) is 0 Å². The zero-order chi connectivity index (χ0) is 23.6. The molecular weight excluding hydrogens is 490 g/mol. The number of ether oxygens (including phenoxy) is 3. The first kappa shape index (κ1) is 23.9. The number of halogens is 1. The van der Waals surface area contributed by atoms with Crippen LogP contribution in [0.25, 0.3) is 6.08 Å². The number of hydrogen-bond acceptors (Lipinski definition) is 7. The SMILES string of the molecule is CCOc1cc(/C=C(/C#N)C(=O)Nc2cc(C)on2)cc(Br)c1OCCOc1ccccc1. The largest absolute Gasteiger partial charge is 0.490 e. The van der Waals surface area contributed by atoms with E-state index in [1.165, 1.54) is 6.08 Å². The number of carbonyl (C=O) groups excluding carboxylic acids is 1. The lowest BCUT2D eigenvalue weighted by atomic mass is 10.1. The van der Waals surface area contributed by atoms with Gasteiger partial charge in [0.2, 0.25) is 0 Å². The average Bonchev–Trinajstić information content (AvgIpc) is 3.21. The van der Waals surface area contributed by atoms with E-state index in [4.69, 9.17) is 18.7 Å². The minimum atomic E-state index is -0.599. The molecule has 0 saturated heterocycles. The van der Waals surface area contributed by atoms with Crippen molar-refractivity contribution in [3.05, 3.63) is 69.9 Å². The van der Waals surface area contributed by atoms with Gasteiger partial charge in [0.05, 0.1) is 11.1 Å². The van der Waals surface area contributed by atoms with Crippen molar-refractivity contribution in [2.24, 2.45) is 0 Å². The van der Waals surface area contributed by atoms with Crippen molar-refractivity contribution in [2.45, 2.75) is 13.8 Å². The molecule has 0 spiro atoms. The van der Waals surface area contributed by atoms with Crippen molar-refractivity contribution in [3.8, 4) is 23.3 Å². The quantitative estimate of drug-likeness (QED) is 0.228. The fourth-order valence-electron chi connectivity index (χ4n) is 2.82. The number of aryl methyl sites for hydroxylation is 1. The molecule has 0 radical (unpaired) electrons. The third-order valence-corrected chi connectivity index (χ3v) is 4.81. The fraction of sp³-hybridized carbons (Fsp3) is 0.208. The molecule has 1 heterocycles. The van der Waals surface area contributed by atoms with Gasteiger partial charge in [-0.15, -0.1) is 0 Å². The highest BCUT2D eigenvalue weighted by molar-refractivity contribution is 9.10. The van der Waals surface area contributed by atoms with Gasteiger partial charge in [0.25, 0.3) is 5.91 Å². The molecule has 0 bridgehead atoms. The lowest BCUT2D eigenvalue weighted by molar-refractivity contribution is -0.112. The molecule has 0 saturated carbocycles. The van der Waals surface area contributed by atoms with Gasteiger partial charge in [-0.2, -0.15) is 5.26 Å². The molecule has 1 aromatic heterocycles. The first-order valence-electron chi connectivity index (χ1n) is 10.1. The molecule has 0 aliphatic heterocycles. The summed E-state index contributed by atoms with van der Waals surface area (Å²) < 4.78 is 22.8. The van der Waals surface area contributed by atoms with E-state index in [2.05, 4.69) is 26.4 Å². The number of carbonyl (C=O) groups is 1. The van der Waals surface area contributed by atoms with Gasteiger partial charge in [0.1, 0.15) is 36.4 Å². The number of aromatic nitrogens is 1. The summed E-state index contributed by atoms with van der Waals surface area (Å²) in [6.07, 6.45) is 1.46. The van der Waals surface area contributed by atoms with Crippen LogP contribution in [0.15, 0.2) is 63.1 Å². The minimum Gasteiger partial charge on any atom is -0.490 e. The Balaban J connectivity index is 1.73. The van der Waals surface area contributed by atoms with Gasteiger partial charge in [0.15, 0.2) is 17.3 Å². The zero-order valence-electron chi connectivity index (χ0n) is 18.1. The third kappa shape index (κ3) is 6.85. The standard InChI is InChI=1S/C24H22BrN3O5/c1-3-30-21-14-17(12-18(15-26)24(29)27-22-11-16(2)33-28-22)13-20(25)23(21)32-10-9-31-19-7-5-4-6-8-19/h4-8,11-14H,3,9-10H2,1-2H3,(H,27,28,29)/b18-12-. The number of para-hydroxylation sites is 1. The summed E-state index contributed by atoms with van der Waals surface area (Å²) in [6.45, 7) is 4.62. The van der Waals surface area contributed by atoms with Crippen LogP contribution in [0.1, 0.15) is 18.2 Å². The smallest absolute Gasteiger partial charge is 0.267 e. The van der Waals surface area contributed by atoms with Gasteiger partial charge in [-0.1, -0.05) is 23.4 Å². The molecular formula is C24H22BrN3O5. The van der Waals surface area contributed by atoms with E-state index in [1.54, 1.807) is 25.1 Å². The van der Waals surface area contributed by atoms with Crippen molar-refractivity contribution in [1.82, 2.24) is 5.16 Å². The summed E-state index contributed by atoms with van der Waals surface area (Å²) >= 11 is 3.49. The van der Waals surface area contributed by atoms with Gasteiger partial charge in [0, 0.05) is 6.07 Å². The van der Waals surface area contributed by atoms with Crippen LogP contribution in [0.5, 0.6) is 17.2 Å². The van der Waals surface area contributed by atoms with E-state index in [1.807, 2.05) is 43.3 Å². The predicted molar refractivity (Wildman–Crippen MR) is 126 cm³/mol. The maximum atomic E-state index is 12.4. The second-order valence-corrected chi connectivity index (χ2v) is 7.57. The lowest BCUT2D eigenvalue weighted by Crippen LogP contribution is -2.13. The first-order valence-corrected chi connectivity index (χ1v) is 10.9. The summed E-state index contributed by atoms with van der Waals surface area (Å²) in [6, 6.07) is 16.4. The van der Waals surface area contributed by atoms with Gasteiger partial charge < -0.3 is 24.1 Å². The van der Waals surface area contributed by atoms with Crippen LogP contribution in [0, 0.1) is 18.3 Å². The summed E-state index contributed by atoms with van der Waals surface area (Å²) in [5.74, 6) is 1.92. The second kappa shape index (κ2) is 11.7. The van der Waals surface area contributed by atoms with Crippen molar-refractivity contribution in [1.29, 1.82) is 5.26 Å². The van der Waals surface area contributed by atoms with Crippen LogP contribution in [-0.4, -0.2) is 30.9 Å². The Morgan fingerprint density at radius 2 is 1.94 bits per heavy atom. The topological polar surface area (TPSA) is 107 Å². The maximum Gasteiger partial charge on any atom is 0.267 e. The van der Waals surface area contributed by atoms with Crippen LogP contribution < -0.4 is 19.5 Å². The Morgan fingerprint density at radius 1 is 1.18 bits per heavy atom. The van der Waals surface area contributed by atoms with Crippen LogP contribution in [0.2, 0.25) is 0 Å². The molecule has 0 fully saturated rings. The lowest BCUT2D eigenvalue weighted by Gasteiger charge is -2.15. The molecule has 3 rings (SSSR count). The number of anilines is 1. The number of rotatable bonds is 10. The zero-order valence-corrected chi connectivity index (χ0v) is 19.7. The molecule has 0 aliphatic carbocycles. The number of amides is 1. The minimum absolute atomic E-state index is 0.102. The van der Waals surface area contributed by atoms with E-state index in [9.17, 15) is 10.1 Å². The maximum absolute atomic E-state index is 12.4. The highest BCUT2D eigenvalue weighted by atomic mass is 79.9. The van der Waals surface area contributed by atoms with E-state index in [-0.39, 0.29) is 11.4 Å². The Hall–Kier alpha value is -3.77. The van der Waals surface area contributed by atoms with Crippen LogP contribution >= 0.6 is 15.9 Å². The van der Waals surface area contributed by atoms with Gasteiger partial charge in [-0.05, 0) is 65.7 Å². The molecule has 9 heteroatoms. The van der Waals surface area contributed by atoms with Gasteiger partial charge in [-0.3, -0.25) is 4.79 Å². The second-order valence-electron chi connectivity index (χ2n) is 6.72. The first-order chi connectivity index (χ1) is 16.0. The molecule has 3 aromatic rings. The van der Waals surface area contributed by atoms with Crippen LogP contribution in [0.4, 0.5) is 5.82 Å². The van der Waals surface area contributed by atoms with E-state index < -0.39 is 5.91 Å². The number of nitriles is 1. The van der Waals surface area contributed by atoms with Gasteiger partial charge >= 0.3 is 0 Å². The van der Waals surface area contributed by atoms with Crippen molar-refractivity contribution >= 4 is 33.7 Å². The monoisotopic (exact) mass is 511 g/mol. The third-order valence-electron chi connectivity index (χ3n) is 4.22. The van der Waals surface area contributed by atoms with Crippen molar-refractivity contribution < 1.29 is 23.5 Å². The highest BCUT2D eigenvalue weighted by Crippen LogP contribution is 2.37. The normalized spacial score (nSPS) is 10.9. The van der Waals surface area contributed by atoms with E-state index in [0.29, 0.717) is 47.1 Å². The van der Waals surface area contributed by atoms with Crippen LogP contribution in [-0.2, 0) is 4.79 Å². The summed E-state index contributed by atoms with van der Waals surface area (Å²) in [5, 5.41) is 15.7. The van der Waals surface area contributed by atoms with E-state index >= 15 is 0 Å². The van der Waals surface area contributed by atoms with Gasteiger partial charge in [-0.25, -0.2) is 0 Å². The summed E-state index contributed by atoms with van der Waals surface area (Å²) in [4.78, 5) is 12.4. The molecule has 2 aromatic carbocycles. The summed E-state index contributed by atoms with van der Waals surface area (Å²) in [5.41, 5.74) is 0.483. The van der Waals surface area contributed by atoms with Crippen molar-refractivity contribution in [2.75, 3.05) is 25.1 Å². The Morgan fingerprint density at radius 3 is 2.61 bits per heavy atom. The molecule has 170 valence electrons. The summed E-state index contributed by atoms with van der Waals surface area (Å²) in [7, 11) is 0. The molecule has 33 heavy (non-hydrogen) atoms.